The summed E-state index contributed by atoms with van der Waals surface area (Å²) in [6.07, 6.45) is 0.0998. The van der Waals surface area contributed by atoms with E-state index < -0.39 is 0 Å². The normalized spacial score (nSPS) is 17.8. The standard InChI is InChI=1S/C15H10BrClO2/c16-12-7-10(17)6-11-13(18)8-14(19-15(11)12)9-4-2-1-3-5-9/h1-7,14H,8H2. The molecule has 0 aromatic heterocycles. The Morgan fingerprint density at radius 2 is 1.95 bits per heavy atom. The predicted octanol–water partition coefficient (Wildman–Crippen LogP) is 4.81. The fourth-order valence-electron chi connectivity index (χ4n) is 2.20. The monoisotopic (exact) mass is 336 g/mol. The molecule has 0 bridgehead atoms. The average Bonchev–Trinajstić information content (AvgIpc) is 2.41. The predicted molar refractivity (Wildman–Crippen MR) is 77.9 cm³/mol. The molecule has 0 spiro atoms. The van der Waals surface area contributed by atoms with E-state index in [1.54, 1.807) is 12.1 Å². The van der Waals surface area contributed by atoms with Crippen LogP contribution in [0.1, 0.15) is 28.4 Å². The van der Waals surface area contributed by atoms with Gasteiger partial charge in [-0.05, 0) is 33.6 Å². The van der Waals surface area contributed by atoms with E-state index in [1.807, 2.05) is 30.3 Å². The maximum Gasteiger partial charge on any atom is 0.170 e. The molecule has 2 aromatic rings. The van der Waals surface area contributed by atoms with E-state index in [1.165, 1.54) is 0 Å². The number of ether oxygens (including phenoxy) is 1. The lowest BCUT2D eigenvalue weighted by molar-refractivity contribution is 0.0848. The minimum atomic E-state index is -0.237. The minimum Gasteiger partial charge on any atom is -0.483 e. The van der Waals surface area contributed by atoms with Gasteiger partial charge in [0.15, 0.2) is 5.78 Å². The van der Waals surface area contributed by atoms with Gasteiger partial charge in [-0.2, -0.15) is 0 Å². The van der Waals surface area contributed by atoms with E-state index in [4.69, 9.17) is 16.3 Å². The first-order chi connectivity index (χ1) is 9.15. The molecular weight excluding hydrogens is 328 g/mol. The summed E-state index contributed by atoms with van der Waals surface area (Å²) in [5, 5.41) is 0.528. The van der Waals surface area contributed by atoms with Gasteiger partial charge in [-0.3, -0.25) is 4.79 Å². The number of halogens is 2. The van der Waals surface area contributed by atoms with E-state index in [-0.39, 0.29) is 11.9 Å². The van der Waals surface area contributed by atoms with Gasteiger partial charge < -0.3 is 4.74 Å². The van der Waals surface area contributed by atoms with E-state index in [2.05, 4.69) is 15.9 Å². The van der Waals surface area contributed by atoms with E-state index in [0.717, 1.165) is 5.56 Å². The van der Waals surface area contributed by atoms with Crippen molar-refractivity contribution in [3.05, 3.63) is 63.1 Å². The van der Waals surface area contributed by atoms with Crippen LogP contribution in [0.5, 0.6) is 5.75 Å². The summed E-state index contributed by atoms with van der Waals surface area (Å²) in [5.41, 5.74) is 1.55. The number of rotatable bonds is 1. The molecule has 19 heavy (non-hydrogen) atoms. The zero-order valence-electron chi connectivity index (χ0n) is 9.90. The van der Waals surface area contributed by atoms with Crippen LogP contribution < -0.4 is 4.74 Å². The zero-order chi connectivity index (χ0) is 13.4. The van der Waals surface area contributed by atoms with Crippen LogP contribution in [-0.2, 0) is 0 Å². The van der Waals surface area contributed by atoms with Crippen molar-refractivity contribution in [2.24, 2.45) is 0 Å². The third-order valence-corrected chi connectivity index (χ3v) is 3.92. The molecule has 1 unspecified atom stereocenters. The van der Waals surface area contributed by atoms with Gasteiger partial charge in [0.1, 0.15) is 11.9 Å². The number of Topliss-reactive ketones (excluding diaryl/α,β-unsaturated/α-hetero) is 1. The summed E-state index contributed by atoms with van der Waals surface area (Å²) < 4.78 is 6.66. The molecule has 0 saturated heterocycles. The number of fused-ring (bicyclic) bond motifs is 1. The van der Waals surface area contributed by atoms with Crippen LogP contribution in [0.15, 0.2) is 46.9 Å². The van der Waals surface area contributed by atoms with Crippen molar-refractivity contribution in [1.29, 1.82) is 0 Å². The van der Waals surface area contributed by atoms with E-state index in [9.17, 15) is 4.79 Å². The van der Waals surface area contributed by atoms with Crippen LogP contribution in [0.4, 0.5) is 0 Å². The molecule has 96 valence electrons. The zero-order valence-corrected chi connectivity index (χ0v) is 12.2. The van der Waals surface area contributed by atoms with Gasteiger partial charge in [0.2, 0.25) is 0 Å². The fourth-order valence-corrected chi connectivity index (χ4v) is 3.11. The van der Waals surface area contributed by atoms with E-state index in [0.29, 0.717) is 27.2 Å². The molecule has 1 atom stereocenters. The maximum absolute atomic E-state index is 12.2. The van der Waals surface area contributed by atoms with Crippen molar-refractivity contribution in [3.8, 4) is 5.75 Å². The molecule has 0 fully saturated rings. The average molecular weight is 338 g/mol. The van der Waals surface area contributed by atoms with Gasteiger partial charge in [0.25, 0.3) is 0 Å². The molecule has 2 nitrogen and oxygen atoms in total. The number of carbonyl (C=O) groups is 1. The lowest BCUT2D eigenvalue weighted by Gasteiger charge is -2.26. The highest BCUT2D eigenvalue weighted by Crippen LogP contribution is 2.41. The smallest absolute Gasteiger partial charge is 0.170 e. The Balaban J connectivity index is 2.03. The summed E-state index contributed by atoms with van der Waals surface area (Å²) in [6, 6.07) is 13.1. The topological polar surface area (TPSA) is 26.3 Å². The van der Waals surface area contributed by atoms with Crippen molar-refractivity contribution >= 4 is 33.3 Å². The van der Waals surface area contributed by atoms with Crippen molar-refractivity contribution in [2.45, 2.75) is 12.5 Å². The molecule has 0 N–H and O–H groups in total. The summed E-state index contributed by atoms with van der Waals surface area (Å²) in [4.78, 5) is 12.2. The van der Waals surface area contributed by atoms with Gasteiger partial charge in [0.05, 0.1) is 16.5 Å². The second-order valence-corrected chi connectivity index (χ2v) is 5.70. The Labute approximate surface area is 124 Å². The van der Waals surface area contributed by atoms with Gasteiger partial charge in [-0.15, -0.1) is 0 Å². The van der Waals surface area contributed by atoms with Crippen LogP contribution in [0.2, 0.25) is 5.02 Å². The fraction of sp³-hybridized carbons (Fsp3) is 0.133. The second kappa shape index (κ2) is 4.99. The third-order valence-electron chi connectivity index (χ3n) is 3.11. The highest BCUT2D eigenvalue weighted by atomic mass is 79.9. The van der Waals surface area contributed by atoms with Gasteiger partial charge >= 0.3 is 0 Å². The molecule has 1 aliphatic rings. The van der Waals surface area contributed by atoms with Crippen LogP contribution >= 0.6 is 27.5 Å². The molecule has 0 radical (unpaired) electrons. The molecule has 4 heteroatoms. The van der Waals surface area contributed by atoms with Crippen LogP contribution in [0, 0.1) is 0 Å². The number of carbonyl (C=O) groups excluding carboxylic acids is 1. The van der Waals surface area contributed by atoms with Crippen molar-refractivity contribution in [3.63, 3.8) is 0 Å². The van der Waals surface area contributed by atoms with Crippen molar-refractivity contribution < 1.29 is 9.53 Å². The first-order valence-electron chi connectivity index (χ1n) is 5.89. The number of hydrogen-bond donors (Lipinski definition) is 0. The number of benzene rings is 2. The van der Waals surface area contributed by atoms with Crippen molar-refractivity contribution in [2.75, 3.05) is 0 Å². The first-order valence-corrected chi connectivity index (χ1v) is 7.06. The van der Waals surface area contributed by atoms with Gasteiger partial charge in [-0.25, -0.2) is 0 Å². The third kappa shape index (κ3) is 2.40. The molecule has 0 saturated carbocycles. The number of hydrogen-bond acceptors (Lipinski definition) is 2. The Hall–Kier alpha value is -1.32. The molecule has 1 aliphatic heterocycles. The molecule has 1 heterocycles. The highest BCUT2D eigenvalue weighted by molar-refractivity contribution is 9.10. The summed E-state index contributed by atoms with van der Waals surface area (Å²) in [7, 11) is 0. The Morgan fingerprint density at radius 3 is 2.68 bits per heavy atom. The molecule has 0 aliphatic carbocycles. The summed E-state index contributed by atoms with van der Waals surface area (Å²) in [6.45, 7) is 0. The minimum absolute atomic E-state index is 0.0540. The Morgan fingerprint density at radius 1 is 1.21 bits per heavy atom. The van der Waals surface area contributed by atoms with Crippen molar-refractivity contribution in [1.82, 2.24) is 0 Å². The van der Waals surface area contributed by atoms with Gasteiger partial charge in [-0.1, -0.05) is 41.9 Å². The highest BCUT2D eigenvalue weighted by Gasteiger charge is 2.29. The Bertz CT molecular complexity index is 640. The van der Waals surface area contributed by atoms with Crippen LogP contribution in [0.25, 0.3) is 0 Å². The van der Waals surface area contributed by atoms with E-state index >= 15 is 0 Å². The lowest BCUT2D eigenvalue weighted by Crippen LogP contribution is -2.20. The number of ketones is 1. The van der Waals surface area contributed by atoms with Gasteiger partial charge in [0, 0.05) is 5.02 Å². The molecule has 2 aromatic carbocycles. The second-order valence-electron chi connectivity index (χ2n) is 4.41. The quantitative estimate of drug-likeness (QED) is 0.746. The lowest BCUT2D eigenvalue weighted by atomic mass is 9.96. The maximum atomic E-state index is 12.2. The Kier molecular flexibility index (Phi) is 3.33. The summed E-state index contributed by atoms with van der Waals surface area (Å²) in [5.74, 6) is 0.632. The van der Waals surface area contributed by atoms with Crippen LogP contribution in [0.3, 0.4) is 0 Å². The summed E-state index contributed by atoms with van der Waals surface area (Å²) >= 11 is 9.36. The largest absolute Gasteiger partial charge is 0.483 e. The molecule has 3 rings (SSSR count). The molecular formula is C15H10BrClO2. The SMILES string of the molecule is O=C1CC(c2ccccc2)Oc2c(Br)cc(Cl)cc21. The molecule has 0 amide bonds. The van der Waals surface area contributed by atoms with Crippen LogP contribution in [-0.4, -0.2) is 5.78 Å². The first kappa shape index (κ1) is 12.7.